The number of anilines is 6. The molecule has 19 heteroatoms. The third-order valence-electron chi connectivity index (χ3n) is 12.8. The molecule has 4 aliphatic heterocycles. The lowest BCUT2D eigenvalue weighted by atomic mass is 10.0. The molecule has 16 nitrogen and oxygen atoms in total. The van der Waals surface area contributed by atoms with E-state index < -0.39 is 36.1 Å². The normalized spacial score (nSPS) is 21.7. The molecule has 1 aromatic heterocycles. The Bertz CT molecular complexity index is 2160. The highest BCUT2D eigenvalue weighted by Gasteiger charge is 2.49. The van der Waals surface area contributed by atoms with Gasteiger partial charge in [0.2, 0.25) is 17.8 Å². The first-order valence-corrected chi connectivity index (χ1v) is 21.5. The summed E-state index contributed by atoms with van der Waals surface area (Å²) in [6.45, 7) is 6.01. The van der Waals surface area contributed by atoms with Gasteiger partial charge in [-0.1, -0.05) is 12.8 Å². The first-order valence-electron chi connectivity index (χ1n) is 21.5. The average Bonchev–Trinajstić information content (AvgIpc) is 3.80. The Morgan fingerprint density at radius 2 is 1.63 bits per heavy atom. The van der Waals surface area contributed by atoms with E-state index in [1.165, 1.54) is 26.4 Å². The molecule has 332 valence electrons. The molecule has 1 unspecified atom stereocenters. The van der Waals surface area contributed by atoms with Crippen LogP contribution in [-0.2, 0) is 14.4 Å². The van der Waals surface area contributed by atoms with Gasteiger partial charge in [-0.3, -0.25) is 29.4 Å². The molecule has 5 aliphatic rings. The molecule has 0 radical (unpaired) electrons. The van der Waals surface area contributed by atoms with Gasteiger partial charge in [-0.25, -0.2) is 9.37 Å². The van der Waals surface area contributed by atoms with Crippen LogP contribution in [-0.4, -0.2) is 141 Å². The topological polar surface area (TPSA) is 168 Å². The van der Waals surface area contributed by atoms with Gasteiger partial charge < -0.3 is 40.3 Å². The number of amides is 4. The van der Waals surface area contributed by atoms with E-state index in [2.05, 4.69) is 45.9 Å². The molecule has 0 spiro atoms. The first kappa shape index (κ1) is 43.0. The number of hydrogen-bond acceptors (Lipinski definition) is 13. The number of piperidine rings is 2. The van der Waals surface area contributed by atoms with E-state index >= 15 is 13.2 Å². The van der Waals surface area contributed by atoms with Crippen LogP contribution in [0.2, 0.25) is 0 Å². The number of aromatic nitrogens is 2. The monoisotopic (exact) mass is 861 g/mol. The van der Waals surface area contributed by atoms with Gasteiger partial charge in [0.1, 0.15) is 23.3 Å². The van der Waals surface area contributed by atoms with Crippen molar-refractivity contribution in [1.82, 2.24) is 30.4 Å². The lowest BCUT2D eigenvalue weighted by Crippen LogP contribution is -2.50. The van der Waals surface area contributed by atoms with Gasteiger partial charge in [-0.05, 0) is 68.5 Å². The lowest BCUT2D eigenvalue weighted by Gasteiger charge is -2.38. The number of likely N-dealkylation sites (tertiary alicyclic amines) is 1. The predicted molar refractivity (Wildman–Crippen MR) is 228 cm³/mol. The van der Waals surface area contributed by atoms with Crippen molar-refractivity contribution in [3.63, 3.8) is 0 Å². The molecule has 5 heterocycles. The van der Waals surface area contributed by atoms with E-state index in [0.29, 0.717) is 23.4 Å². The Labute approximate surface area is 358 Å². The number of nitrogens with zero attached hydrogens (tertiary/aromatic N) is 7. The zero-order chi connectivity index (χ0) is 43.5. The van der Waals surface area contributed by atoms with Crippen LogP contribution in [0, 0.1) is 5.82 Å². The predicted octanol–water partition coefficient (Wildman–Crippen LogP) is 3.96. The number of piperazine rings is 1. The molecular weight excluding hydrogens is 808 g/mol. The number of ether oxygens (including phenoxy) is 1. The first-order chi connectivity index (χ1) is 29.8. The number of rotatable bonds is 12. The van der Waals surface area contributed by atoms with Crippen LogP contribution >= 0.6 is 0 Å². The minimum Gasteiger partial charge on any atom is -0.495 e. The molecule has 4 N–H and O–H groups in total. The maximum atomic E-state index is 15.0. The molecule has 2 aromatic carbocycles. The number of methoxy groups -OCH3 is 1. The third-order valence-corrected chi connectivity index (χ3v) is 12.8. The fourth-order valence-electron chi connectivity index (χ4n) is 9.08. The average molecular weight is 862 g/mol. The summed E-state index contributed by atoms with van der Waals surface area (Å²) in [5, 5.41) is 11.5. The summed E-state index contributed by atoms with van der Waals surface area (Å²) in [6, 6.07) is 9.23. The molecule has 3 aromatic rings. The maximum Gasteiger partial charge on any atom is 0.342 e. The Hall–Kier alpha value is -5.69. The van der Waals surface area contributed by atoms with Crippen molar-refractivity contribution < 1.29 is 37.1 Å². The van der Waals surface area contributed by atoms with E-state index in [9.17, 15) is 19.2 Å². The van der Waals surface area contributed by atoms with Crippen LogP contribution in [0.15, 0.2) is 42.6 Å². The molecule has 62 heavy (non-hydrogen) atoms. The highest BCUT2D eigenvalue weighted by molar-refractivity contribution is 6.02. The summed E-state index contributed by atoms with van der Waals surface area (Å²) >= 11 is 0. The van der Waals surface area contributed by atoms with Gasteiger partial charge >= 0.3 is 5.92 Å². The zero-order valence-corrected chi connectivity index (χ0v) is 35.1. The standard InChI is InChI=1S/C43H54F3N11O5/c1-53-35-25-47-42(52-38(35)57(29-5-3-4-6-29)26-43(45,46)41(53)61)50-33-9-7-27(23-36(33)62-2)39(59)48-28-13-15-54(16-14-28)17-18-55-19-21-56(22-20-55)30-8-10-32(31(44)24-30)49-34-11-12-37(58)51-40(34)60/h7-10,23-25,28-29,34,49H,3-6,11-22,26H2,1-2H3,(H,48,59)(H,47,50,52)(H,51,58,60). The number of imide groups is 1. The SMILES string of the molecule is COc1cc(C(=O)NC2CCN(CCN3CCN(c4ccc(NC5CCC(=O)NC5=O)c(F)c4)CC3)CC2)ccc1Nc1ncc2c(n1)N(C1CCCC1)CC(F)(F)C(=O)N2C. The van der Waals surface area contributed by atoms with Gasteiger partial charge in [0, 0.05) is 89.2 Å². The van der Waals surface area contributed by atoms with E-state index in [1.807, 2.05) is 6.07 Å². The van der Waals surface area contributed by atoms with Crippen LogP contribution in [0.3, 0.4) is 0 Å². The molecule has 3 saturated heterocycles. The van der Waals surface area contributed by atoms with Crippen LogP contribution in [0.25, 0.3) is 0 Å². The van der Waals surface area contributed by atoms with Crippen LogP contribution in [0.5, 0.6) is 5.75 Å². The minimum absolute atomic E-state index is 0.0188. The van der Waals surface area contributed by atoms with Crippen molar-refractivity contribution in [3.05, 3.63) is 54.0 Å². The highest BCUT2D eigenvalue weighted by atomic mass is 19.3. The Morgan fingerprint density at radius 3 is 2.32 bits per heavy atom. The molecule has 1 atom stereocenters. The zero-order valence-electron chi connectivity index (χ0n) is 35.1. The fourth-order valence-corrected chi connectivity index (χ4v) is 9.08. The number of fused-ring (bicyclic) bond motifs is 1. The molecule has 1 saturated carbocycles. The van der Waals surface area contributed by atoms with E-state index in [1.54, 1.807) is 29.2 Å². The van der Waals surface area contributed by atoms with Gasteiger partial charge in [0.15, 0.2) is 5.82 Å². The van der Waals surface area contributed by atoms with Gasteiger partial charge in [-0.15, -0.1) is 0 Å². The molecule has 0 bridgehead atoms. The maximum absolute atomic E-state index is 15.0. The number of halogens is 3. The van der Waals surface area contributed by atoms with Gasteiger partial charge in [0.05, 0.1) is 31.2 Å². The summed E-state index contributed by atoms with van der Waals surface area (Å²) in [5.41, 5.74) is 2.16. The van der Waals surface area contributed by atoms with Gasteiger partial charge in [0.25, 0.3) is 11.8 Å². The summed E-state index contributed by atoms with van der Waals surface area (Å²) < 4.78 is 50.7. The quantitative estimate of drug-likeness (QED) is 0.194. The van der Waals surface area contributed by atoms with E-state index in [-0.39, 0.29) is 53.5 Å². The molecule has 8 rings (SSSR count). The van der Waals surface area contributed by atoms with Crippen LogP contribution in [0.1, 0.15) is 61.7 Å². The summed E-state index contributed by atoms with van der Waals surface area (Å²) in [5.74, 6) is -5.49. The number of hydrogen-bond donors (Lipinski definition) is 4. The molecule has 4 fully saturated rings. The van der Waals surface area contributed by atoms with Crippen LogP contribution in [0.4, 0.5) is 47.7 Å². The molecular formula is C43H54F3N11O5. The van der Waals surface area contributed by atoms with Crippen molar-refractivity contribution in [2.45, 2.75) is 75.4 Å². The summed E-state index contributed by atoms with van der Waals surface area (Å²) in [4.78, 5) is 68.1. The van der Waals surface area contributed by atoms with Crippen molar-refractivity contribution in [2.24, 2.45) is 0 Å². The smallest absolute Gasteiger partial charge is 0.342 e. The molecule has 1 aliphatic carbocycles. The summed E-state index contributed by atoms with van der Waals surface area (Å²) in [7, 11) is 2.81. The minimum atomic E-state index is -3.58. The number of alkyl halides is 2. The number of nitrogens with one attached hydrogen (secondary N) is 4. The Balaban J connectivity index is 0.791. The second kappa shape index (κ2) is 18.3. The largest absolute Gasteiger partial charge is 0.495 e. The van der Waals surface area contributed by atoms with E-state index in [0.717, 1.165) is 101 Å². The Morgan fingerprint density at radius 1 is 0.919 bits per heavy atom. The Kier molecular flexibility index (Phi) is 12.7. The fraction of sp³-hybridized carbons (Fsp3) is 0.535. The van der Waals surface area contributed by atoms with Crippen molar-refractivity contribution in [2.75, 3.05) is 98.4 Å². The van der Waals surface area contributed by atoms with Crippen molar-refractivity contribution in [1.29, 1.82) is 0 Å². The lowest BCUT2D eigenvalue weighted by molar-refractivity contribution is -0.140. The van der Waals surface area contributed by atoms with Crippen molar-refractivity contribution in [3.8, 4) is 5.75 Å². The summed E-state index contributed by atoms with van der Waals surface area (Å²) in [6.07, 6.45) is 6.86. The number of benzene rings is 2. The van der Waals surface area contributed by atoms with Gasteiger partial charge in [-0.2, -0.15) is 13.8 Å². The number of carbonyl (C=O) groups is 4. The van der Waals surface area contributed by atoms with E-state index in [4.69, 9.17) is 4.74 Å². The second-order valence-electron chi connectivity index (χ2n) is 16.8. The van der Waals surface area contributed by atoms with Crippen LogP contribution < -0.4 is 40.7 Å². The molecule has 4 amide bonds. The third kappa shape index (κ3) is 9.52. The number of carbonyl (C=O) groups excluding carboxylic acids is 4. The highest BCUT2D eigenvalue weighted by Crippen LogP contribution is 2.40. The second-order valence-corrected chi connectivity index (χ2v) is 16.8. The van der Waals surface area contributed by atoms with Crippen molar-refractivity contribution >= 4 is 58.1 Å².